The summed E-state index contributed by atoms with van der Waals surface area (Å²) in [4.78, 5) is 10.2. The SMILES string of the molecule is C/C(=C\CC(C)S(=O)(=O)O)C(=O)[O-].[Na+]. The van der Waals surface area contributed by atoms with Gasteiger partial charge in [-0.3, -0.25) is 4.55 Å². The fraction of sp³-hybridized carbons (Fsp3) is 0.571. The Bertz CT molecular complexity index is 319. The van der Waals surface area contributed by atoms with Gasteiger partial charge < -0.3 is 9.90 Å². The van der Waals surface area contributed by atoms with E-state index in [1.165, 1.54) is 19.9 Å². The van der Waals surface area contributed by atoms with Crippen LogP contribution in [0.25, 0.3) is 0 Å². The average Bonchev–Trinajstić information content (AvgIpc) is 1.97. The molecule has 0 saturated carbocycles. The van der Waals surface area contributed by atoms with Crippen molar-refractivity contribution in [3.63, 3.8) is 0 Å². The van der Waals surface area contributed by atoms with Crippen LogP contribution in [0.4, 0.5) is 0 Å². The Morgan fingerprint density at radius 1 is 1.57 bits per heavy atom. The molecule has 0 aromatic heterocycles. The Balaban J connectivity index is 0. The molecule has 0 bridgehead atoms. The van der Waals surface area contributed by atoms with Crippen molar-refractivity contribution < 1.29 is 52.4 Å². The molecular weight excluding hydrogens is 219 g/mol. The second-order valence-corrected chi connectivity index (χ2v) is 4.57. The number of hydrogen-bond donors (Lipinski definition) is 1. The van der Waals surface area contributed by atoms with Crippen LogP contribution in [-0.4, -0.2) is 24.2 Å². The van der Waals surface area contributed by atoms with Crippen molar-refractivity contribution >= 4 is 16.1 Å². The number of hydrogen-bond acceptors (Lipinski definition) is 4. The van der Waals surface area contributed by atoms with E-state index in [0.29, 0.717) is 0 Å². The van der Waals surface area contributed by atoms with Crippen LogP contribution in [0.5, 0.6) is 0 Å². The van der Waals surface area contributed by atoms with E-state index in [4.69, 9.17) is 4.55 Å². The predicted octanol–water partition coefficient (Wildman–Crippen LogP) is -3.65. The van der Waals surface area contributed by atoms with Crippen LogP contribution >= 0.6 is 0 Å². The monoisotopic (exact) mass is 230 g/mol. The normalized spacial score (nSPS) is 14.4. The van der Waals surface area contributed by atoms with Gasteiger partial charge in [0.05, 0.1) is 11.2 Å². The van der Waals surface area contributed by atoms with Crippen LogP contribution in [0.15, 0.2) is 11.6 Å². The van der Waals surface area contributed by atoms with Gasteiger partial charge in [-0.05, 0) is 25.8 Å². The smallest absolute Gasteiger partial charge is 0.545 e. The van der Waals surface area contributed by atoms with Crippen LogP contribution in [0.3, 0.4) is 0 Å². The summed E-state index contributed by atoms with van der Waals surface area (Å²) < 4.78 is 29.5. The van der Waals surface area contributed by atoms with Crippen molar-refractivity contribution in [2.75, 3.05) is 0 Å². The molecule has 0 aromatic rings. The number of rotatable bonds is 4. The zero-order valence-corrected chi connectivity index (χ0v) is 11.2. The van der Waals surface area contributed by atoms with Gasteiger partial charge in [0.1, 0.15) is 0 Å². The molecule has 0 aliphatic rings. The van der Waals surface area contributed by atoms with E-state index in [-0.39, 0.29) is 41.6 Å². The molecule has 0 saturated heterocycles. The van der Waals surface area contributed by atoms with Crippen molar-refractivity contribution in [1.82, 2.24) is 0 Å². The van der Waals surface area contributed by atoms with Crippen molar-refractivity contribution in [3.8, 4) is 0 Å². The molecule has 0 spiro atoms. The largest absolute Gasteiger partial charge is 1.00 e. The molecule has 0 aliphatic heterocycles. The molecule has 0 fully saturated rings. The summed E-state index contributed by atoms with van der Waals surface area (Å²) >= 11 is 0. The molecule has 5 nitrogen and oxygen atoms in total. The molecular formula is C7H11NaO5S. The predicted molar refractivity (Wildman–Crippen MR) is 44.4 cm³/mol. The van der Waals surface area contributed by atoms with E-state index in [0.717, 1.165) is 0 Å². The fourth-order valence-corrected chi connectivity index (χ4v) is 0.887. The fourth-order valence-electron chi connectivity index (χ4n) is 0.548. The third-order valence-electron chi connectivity index (χ3n) is 1.59. The van der Waals surface area contributed by atoms with Gasteiger partial charge in [0, 0.05) is 0 Å². The molecule has 0 amide bonds. The minimum atomic E-state index is -4.08. The van der Waals surface area contributed by atoms with Gasteiger partial charge in [0.2, 0.25) is 0 Å². The Kier molecular flexibility index (Phi) is 7.77. The minimum absolute atomic E-state index is 0. The number of carboxylic acid groups (broad SMARTS) is 1. The Morgan fingerprint density at radius 2 is 2.00 bits per heavy atom. The summed E-state index contributed by atoms with van der Waals surface area (Å²) in [5.41, 5.74) is -0.0458. The molecule has 7 heteroatoms. The van der Waals surface area contributed by atoms with Crippen LogP contribution in [0, 0.1) is 0 Å². The second-order valence-electron chi connectivity index (χ2n) is 2.74. The van der Waals surface area contributed by atoms with E-state index < -0.39 is 21.3 Å². The molecule has 76 valence electrons. The second kappa shape index (κ2) is 6.58. The van der Waals surface area contributed by atoms with Crippen LogP contribution in [0.2, 0.25) is 0 Å². The molecule has 0 radical (unpaired) electrons. The average molecular weight is 230 g/mol. The van der Waals surface area contributed by atoms with Gasteiger partial charge in [-0.1, -0.05) is 6.08 Å². The van der Waals surface area contributed by atoms with Crippen molar-refractivity contribution in [2.45, 2.75) is 25.5 Å². The summed E-state index contributed by atoms with van der Waals surface area (Å²) in [6.07, 6.45) is 1.16. The number of carboxylic acids is 1. The standard InChI is InChI=1S/C7H12O5S.Na/c1-5(7(8)9)3-4-6(2)13(10,11)12;/h3,6H,4H2,1-2H3,(H,8,9)(H,10,11,12);/q;+1/p-1/b5-3+;. The van der Waals surface area contributed by atoms with E-state index in [2.05, 4.69) is 0 Å². The first kappa shape index (κ1) is 16.5. The topological polar surface area (TPSA) is 94.5 Å². The molecule has 1 unspecified atom stereocenters. The summed E-state index contributed by atoms with van der Waals surface area (Å²) in [5.74, 6) is -1.34. The van der Waals surface area contributed by atoms with Gasteiger partial charge in [-0.25, -0.2) is 0 Å². The van der Waals surface area contributed by atoms with E-state index in [1.54, 1.807) is 0 Å². The third-order valence-corrected chi connectivity index (χ3v) is 2.80. The van der Waals surface area contributed by atoms with Gasteiger partial charge in [-0.2, -0.15) is 8.42 Å². The van der Waals surface area contributed by atoms with Gasteiger partial charge >= 0.3 is 29.6 Å². The molecule has 0 rings (SSSR count). The zero-order valence-electron chi connectivity index (χ0n) is 8.35. The maximum absolute atomic E-state index is 10.5. The summed E-state index contributed by atoms with van der Waals surface area (Å²) in [5, 5.41) is 9.17. The Morgan fingerprint density at radius 3 is 2.29 bits per heavy atom. The summed E-state index contributed by atoms with van der Waals surface area (Å²) in [6, 6.07) is 0. The van der Waals surface area contributed by atoms with Crippen LogP contribution in [-0.2, 0) is 14.9 Å². The van der Waals surface area contributed by atoms with Crippen molar-refractivity contribution in [1.29, 1.82) is 0 Å². The number of aliphatic carboxylic acids is 1. The summed E-state index contributed by atoms with van der Waals surface area (Å²) in [7, 11) is -4.08. The first-order valence-corrected chi connectivity index (χ1v) is 5.10. The quantitative estimate of drug-likeness (QED) is 0.305. The molecule has 0 heterocycles. The van der Waals surface area contributed by atoms with Crippen LogP contribution in [0.1, 0.15) is 20.3 Å². The molecule has 0 aliphatic carbocycles. The maximum Gasteiger partial charge on any atom is 1.00 e. The number of allylic oxidation sites excluding steroid dienone is 1. The van der Waals surface area contributed by atoms with E-state index in [9.17, 15) is 18.3 Å². The first-order chi connectivity index (χ1) is 5.75. The Labute approximate surface area is 105 Å². The van der Waals surface area contributed by atoms with Gasteiger partial charge in [0.15, 0.2) is 0 Å². The van der Waals surface area contributed by atoms with Gasteiger partial charge in [0.25, 0.3) is 10.1 Å². The van der Waals surface area contributed by atoms with Crippen LogP contribution < -0.4 is 34.7 Å². The van der Waals surface area contributed by atoms with E-state index >= 15 is 0 Å². The van der Waals surface area contributed by atoms with E-state index in [1.807, 2.05) is 0 Å². The van der Waals surface area contributed by atoms with Crippen molar-refractivity contribution in [3.05, 3.63) is 11.6 Å². The molecule has 14 heavy (non-hydrogen) atoms. The summed E-state index contributed by atoms with van der Waals surface area (Å²) in [6.45, 7) is 2.58. The number of carbonyl (C=O) groups excluding carboxylic acids is 1. The minimum Gasteiger partial charge on any atom is -0.545 e. The zero-order chi connectivity index (χ0) is 10.6. The Hall–Kier alpha value is 0.120. The molecule has 1 atom stereocenters. The maximum atomic E-state index is 10.5. The molecule has 1 N–H and O–H groups in total. The first-order valence-electron chi connectivity index (χ1n) is 3.59. The van der Waals surface area contributed by atoms with Crippen molar-refractivity contribution in [2.24, 2.45) is 0 Å². The number of carbonyl (C=O) groups is 1. The third kappa shape index (κ3) is 6.56. The van der Waals surface area contributed by atoms with Gasteiger partial charge in [-0.15, -0.1) is 0 Å². The molecule has 0 aromatic carbocycles.